The van der Waals surface area contributed by atoms with Crippen molar-refractivity contribution in [2.24, 2.45) is 0 Å². The lowest BCUT2D eigenvalue weighted by molar-refractivity contribution is -0.0328. The van der Waals surface area contributed by atoms with Gasteiger partial charge in [-0.25, -0.2) is 8.42 Å². The number of rotatable bonds is 4. The molecule has 0 fully saturated rings. The van der Waals surface area contributed by atoms with Crippen LogP contribution >= 0.6 is 27.7 Å². The number of anilines is 1. The molecule has 0 aliphatic heterocycles. The number of benzene rings is 2. The third-order valence-electron chi connectivity index (χ3n) is 2.44. The summed E-state index contributed by atoms with van der Waals surface area (Å²) in [6, 6.07) is 11.0. The van der Waals surface area contributed by atoms with Crippen LogP contribution in [0.5, 0.6) is 0 Å². The Morgan fingerprint density at radius 3 is 2.27 bits per heavy atom. The zero-order valence-corrected chi connectivity index (χ0v) is 14.0. The largest absolute Gasteiger partial charge is 0.446 e. The molecular weight excluding hydrogens is 403 g/mol. The van der Waals surface area contributed by atoms with Crippen molar-refractivity contribution >= 4 is 43.4 Å². The maximum atomic E-state index is 12.3. The van der Waals surface area contributed by atoms with Crippen LogP contribution in [0.15, 0.2) is 62.8 Å². The summed E-state index contributed by atoms with van der Waals surface area (Å²) < 4.78 is 64.3. The van der Waals surface area contributed by atoms with Crippen molar-refractivity contribution < 1.29 is 21.6 Å². The minimum Gasteiger partial charge on any atom is -0.280 e. The average Bonchev–Trinajstić information content (AvgIpc) is 2.37. The van der Waals surface area contributed by atoms with E-state index in [4.69, 9.17) is 0 Å². The summed E-state index contributed by atoms with van der Waals surface area (Å²) in [7, 11) is -3.85. The minimum absolute atomic E-state index is 0.0181. The Morgan fingerprint density at radius 2 is 1.68 bits per heavy atom. The zero-order valence-electron chi connectivity index (χ0n) is 10.8. The lowest BCUT2D eigenvalue weighted by Crippen LogP contribution is -2.12. The van der Waals surface area contributed by atoms with E-state index >= 15 is 0 Å². The van der Waals surface area contributed by atoms with E-state index in [1.165, 1.54) is 30.3 Å². The van der Waals surface area contributed by atoms with Gasteiger partial charge in [0.25, 0.3) is 10.0 Å². The first-order valence-electron chi connectivity index (χ1n) is 5.80. The average molecular weight is 412 g/mol. The van der Waals surface area contributed by atoms with Gasteiger partial charge in [0, 0.05) is 15.1 Å². The number of thioether (sulfide) groups is 1. The number of sulfonamides is 1. The van der Waals surface area contributed by atoms with Crippen LogP contribution in [0.3, 0.4) is 0 Å². The second-order valence-electron chi connectivity index (χ2n) is 4.14. The molecule has 0 aromatic heterocycles. The van der Waals surface area contributed by atoms with Crippen molar-refractivity contribution in [1.82, 2.24) is 0 Å². The molecule has 2 rings (SSSR count). The second kappa shape index (κ2) is 6.51. The monoisotopic (exact) mass is 411 g/mol. The Bertz CT molecular complexity index is 762. The normalized spacial score (nSPS) is 12.2. The fraction of sp³-hybridized carbons (Fsp3) is 0.0769. The van der Waals surface area contributed by atoms with Crippen molar-refractivity contribution in [3.63, 3.8) is 0 Å². The van der Waals surface area contributed by atoms with Gasteiger partial charge in [0.1, 0.15) is 0 Å². The molecule has 0 bridgehead atoms. The summed E-state index contributed by atoms with van der Waals surface area (Å²) in [6.07, 6.45) is 0. The van der Waals surface area contributed by atoms with E-state index in [-0.39, 0.29) is 27.2 Å². The van der Waals surface area contributed by atoms with E-state index in [2.05, 4.69) is 20.7 Å². The second-order valence-corrected chi connectivity index (χ2v) is 7.87. The fourth-order valence-corrected chi connectivity index (χ4v) is 3.50. The highest BCUT2D eigenvalue weighted by molar-refractivity contribution is 9.10. The van der Waals surface area contributed by atoms with Crippen molar-refractivity contribution in [1.29, 1.82) is 0 Å². The van der Waals surface area contributed by atoms with Crippen LogP contribution in [0, 0.1) is 0 Å². The molecule has 0 atom stereocenters. The van der Waals surface area contributed by atoms with Crippen LogP contribution in [0.2, 0.25) is 0 Å². The molecular formula is C13H9BrF3NO2S2. The summed E-state index contributed by atoms with van der Waals surface area (Å²) in [5, 5.41) is 0. The summed E-state index contributed by atoms with van der Waals surface area (Å²) in [5.41, 5.74) is -4.36. The smallest absolute Gasteiger partial charge is 0.280 e. The topological polar surface area (TPSA) is 46.2 Å². The molecule has 0 saturated carbocycles. The SMILES string of the molecule is O=S(=O)(Nc1cccc(SC(F)(F)F)c1)c1ccc(Br)cc1. The predicted octanol–water partition coefficient (Wildman–Crippen LogP) is 4.86. The number of halogens is 4. The quantitative estimate of drug-likeness (QED) is 0.730. The van der Waals surface area contributed by atoms with Crippen LogP contribution in [-0.4, -0.2) is 13.9 Å². The molecule has 0 aliphatic carbocycles. The first-order valence-corrected chi connectivity index (χ1v) is 8.89. The van der Waals surface area contributed by atoms with Gasteiger partial charge in [-0.1, -0.05) is 22.0 Å². The Balaban J connectivity index is 2.23. The van der Waals surface area contributed by atoms with E-state index in [1.807, 2.05) is 0 Å². The van der Waals surface area contributed by atoms with Crippen LogP contribution in [-0.2, 0) is 10.0 Å². The van der Waals surface area contributed by atoms with Crippen LogP contribution in [0.4, 0.5) is 18.9 Å². The van der Waals surface area contributed by atoms with Gasteiger partial charge in [-0.3, -0.25) is 4.72 Å². The van der Waals surface area contributed by atoms with E-state index in [0.29, 0.717) is 0 Å². The third-order valence-corrected chi connectivity index (χ3v) is 5.09. The van der Waals surface area contributed by atoms with Crippen molar-refractivity contribution in [3.05, 3.63) is 53.0 Å². The van der Waals surface area contributed by atoms with Gasteiger partial charge in [-0.2, -0.15) is 13.2 Å². The maximum absolute atomic E-state index is 12.3. The molecule has 118 valence electrons. The van der Waals surface area contributed by atoms with Gasteiger partial charge in [0.2, 0.25) is 0 Å². The lowest BCUT2D eigenvalue weighted by atomic mass is 10.3. The molecule has 22 heavy (non-hydrogen) atoms. The predicted molar refractivity (Wildman–Crippen MR) is 83.3 cm³/mol. The molecule has 0 heterocycles. The maximum Gasteiger partial charge on any atom is 0.446 e. The van der Waals surface area contributed by atoms with Gasteiger partial charge < -0.3 is 0 Å². The Morgan fingerprint density at radius 1 is 1.05 bits per heavy atom. The van der Waals surface area contributed by atoms with E-state index in [0.717, 1.165) is 10.5 Å². The summed E-state index contributed by atoms with van der Waals surface area (Å²) in [4.78, 5) is -0.0758. The van der Waals surface area contributed by atoms with E-state index in [9.17, 15) is 21.6 Å². The first-order chi connectivity index (χ1) is 10.2. The van der Waals surface area contributed by atoms with Crippen molar-refractivity contribution in [2.75, 3.05) is 4.72 Å². The Hall–Kier alpha value is -1.19. The molecule has 2 aromatic carbocycles. The van der Waals surface area contributed by atoms with Crippen LogP contribution in [0.1, 0.15) is 0 Å². The fourth-order valence-electron chi connectivity index (χ4n) is 1.58. The number of hydrogen-bond donors (Lipinski definition) is 1. The number of alkyl halides is 3. The van der Waals surface area contributed by atoms with Gasteiger partial charge in [0.05, 0.1) is 4.90 Å². The Labute approximate surface area is 138 Å². The Kier molecular flexibility index (Phi) is 5.08. The highest BCUT2D eigenvalue weighted by atomic mass is 79.9. The number of hydrogen-bond acceptors (Lipinski definition) is 3. The molecule has 1 N–H and O–H groups in total. The summed E-state index contributed by atoms with van der Waals surface area (Å²) in [5.74, 6) is 0. The number of nitrogens with one attached hydrogen (secondary N) is 1. The van der Waals surface area contributed by atoms with Crippen molar-refractivity contribution in [3.8, 4) is 0 Å². The zero-order chi connectivity index (χ0) is 16.4. The van der Waals surface area contributed by atoms with Gasteiger partial charge >= 0.3 is 5.51 Å². The van der Waals surface area contributed by atoms with E-state index < -0.39 is 15.5 Å². The first kappa shape index (κ1) is 17.2. The molecule has 0 aliphatic rings. The molecule has 0 amide bonds. The highest BCUT2D eigenvalue weighted by Gasteiger charge is 2.29. The highest BCUT2D eigenvalue weighted by Crippen LogP contribution is 2.37. The third kappa shape index (κ3) is 4.92. The van der Waals surface area contributed by atoms with Crippen molar-refractivity contribution in [2.45, 2.75) is 15.3 Å². The minimum atomic E-state index is -4.43. The van der Waals surface area contributed by atoms with Gasteiger partial charge in [-0.05, 0) is 54.2 Å². The summed E-state index contributed by atoms with van der Waals surface area (Å²) >= 11 is 2.89. The molecule has 0 unspecified atom stereocenters. The lowest BCUT2D eigenvalue weighted by Gasteiger charge is -2.10. The van der Waals surface area contributed by atoms with Crippen LogP contribution < -0.4 is 4.72 Å². The summed E-state index contributed by atoms with van der Waals surface area (Å²) in [6.45, 7) is 0. The standard InChI is InChI=1S/C13H9BrF3NO2S2/c14-9-4-6-12(7-5-9)22(19,20)18-10-2-1-3-11(8-10)21-13(15,16)17/h1-8,18H. The van der Waals surface area contributed by atoms with E-state index in [1.54, 1.807) is 12.1 Å². The molecule has 0 spiro atoms. The van der Waals surface area contributed by atoms with Crippen LogP contribution in [0.25, 0.3) is 0 Å². The molecule has 2 aromatic rings. The molecule has 9 heteroatoms. The molecule has 3 nitrogen and oxygen atoms in total. The molecule has 0 radical (unpaired) electrons. The van der Waals surface area contributed by atoms with Gasteiger partial charge in [-0.15, -0.1) is 0 Å². The molecule has 0 saturated heterocycles. The van der Waals surface area contributed by atoms with Gasteiger partial charge in [0.15, 0.2) is 0 Å².